The van der Waals surface area contributed by atoms with Crippen LogP contribution >= 0.6 is 0 Å². The van der Waals surface area contributed by atoms with Crippen molar-refractivity contribution in [3.05, 3.63) is 82.9 Å². The lowest BCUT2D eigenvalue weighted by molar-refractivity contribution is -0.148. The molecule has 179 valence electrons. The van der Waals surface area contributed by atoms with Gasteiger partial charge in [-0.15, -0.1) is 0 Å². The van der Waals surface area contributed by atoms with Crippen LogP contribution < -0.4 is 0 Å². The first-order chi connectivity index (χ1) is 15.8. The molecule has 0 spiro atoms. The highest BCUT2D eigenvalue weighted by Crippen LogP contribution is 2.37. The molecule has 0 atom stereocenters. The van der Waals surface area contributed by atoms with Gasteiger partial charge in [-0.25, -0.2) is 4.79 Å². The van der Waals surface area contributed by atoms with Crippen molar-refractivity contribution in [3.63, 3.8) is 0 Å². The Bertz CT molecular complexity index is 939. The van der Waals surface area contributed by atoms with Crippen molar-refractivity contribution in [1.82, 2.24) is 0 Å². The summed E-state index contributed by atoms with van der Waals surface area (Å²) in [6.07, 6.45) is 5.98. The second kappa shape index (κ2) is 13.2. The van der Waals surface area contributed by atoms with Gasteiger partial charge >= 0.3 is 11.9 Å². The van der Waals surface area contributed by atoms with E-state index < -0.39 is 0 Å². The minimum absolute atomic E-state index is 0. The van der Waals surface area contributed by atoms with Gasteiger partial charge in [0.05, 0.1) is 5.92 Å². The molecule has 0 N–H and O–H groups in total. The zero-order chi connectivity index (χ0) is 23.8. The van der Waals surface area contributed by atoms with Crippen LogP contribution in [0.2, 0.25) is 0 Å². The summed E-state index contributed by atoms with van der Waals surface area (Å²) >= 11 is 0. The summed E-state index contributed by atoms with van der Waals surface area (Å²) < 4.78 is 10.5. The summed E-state index contributed by atoms with van der Waals surface area (Å²) in [5, 5.41) is 0. The lowest BCUT2D eigenvalue weighted by Gasteiger charge is -2.29. The Kier molecular flexibility index (Phi) is 10.6. The van der Waals surface area contributed by atoms with Crippen molar-refractivity contribution in [1.29, 1.82) is 0 Å². The van der Waals surface area contributed by atoms with E-state index in [2.05, 4.69) is 43.0 Å². The van der Waals surface area contributed by atoms with E-state index in [0.717, 1.165) is 17.5 Å². The van der Waals surface area contributed by atoms with E-state index in [9.17, 15) is 9.59 Å². The first-order valence-corrected chi connectivity index (χ1v) is 12.0. The smallest absolute Gasteiger partial charge is 0.333 e. The van der Waals surface area contributed by atoms with E-state index in [1.54, 1.807) is 6.92 Å². The molecule has 0 heterocycles. The largest absolute Gasteiger partial charge is 0.461 e. The van der Waals surface area contributed by atoms with Crippen LogP contribution in [0, 0.1) is 11.8 Å². The number of carbonyl (C=O) groups excluding carboxylic acids is 2. The lowest BCUT2D eigenvalue weighted by Crippen LogP contribution is -2.15. The third-order valence-corrected chi connectivity index (χ3v) is 6.42. The summed E-state index contributed by atoms with van der Waals surface area (Å²) in [4.78, 5) is 23.2. The fourth-order valence-electron chi connectivity index (χ4n) is 4.28. The summed E-state index contributed by atoms with van der Waals surface area (Å²) in [5.74, 6) is 0.726. The third kappa shape index (κ3) is 8.20. The van der Waals surface area contributed by atoms with Gasteiger partial charge in [-0.05, 0) is 73.1 Å². The molecule has 1 saturated carbocycles. The van der Waals surface area contributed by atoms with E-state index in [0.29, 0.717) is 24.0 Å². The molecule has 3 radical (unpaired) electrons. The average Bonchev–Trinajstić information content (AvgIpc) is 2.82. The maximum Gasteiger partial charge on any atom is 0.333 e. The van der Waals surface area contributed by atoms with Crippen molar-refractivity contribution >= 4 is 20.4 Å². The first kappa shape index (κ1) is 27.4. The van der Waals surface area contributed by atoms with Gasteiger partial charge in [0, 0.05) is 14.0 Å². The van der Waals surface area contributed by atoms with Gasteiger partial charge in [0.15, 0.2) is 0 Å². The highest BCUT2D eigenvalue weighted by atomic mass is 16.5. The molecular weight excluding hydrogens is 423 g/mol. The first-order valence-electron chi connectivity index (χ1n) is 12.0. The highest BCUT2D eigenvalue weighted by Gasteiger charge is 2.22. The molecule has 34 heavy (non-hydrogen) atoms. The zero-order valence-electron chi connectivity index (χ0n) is 20.7. The van der Waals surface area contributed by atoms with Crippen LogP contribution in [0.4, 0.5) is 0 Å². The predicted octanol–water partition coefficient (Wildman–Crippen LogP) is 6.14. The summed E-state index contributed by atoms with van der Waals surface area (Å²) in [5.41, 5.74) is 5.19. The summed E-state index contributed by atoms with van der Waals surface area (Å²) in [6.45, 7) is 9.59. The van der Waals surface area contributed by atoms with Crippen molar-refractivity contribution in [3.8, 4) is 0 Å². The minimum Gasteiger partial charge on any atom is -0.461 e. The van der Waals surface area contributed by atoms with Crippen molar-refractivity contribution < 1.29 is 19.1 Å². The Labute approximate surface area is 206 Å². The van der Waals surface area contributed by atoms with Gasteiger partial charge < -0.3 is 9.47 Å². The molecular formula is C29H36BO4. The topological polar surface area (TPSA) is 52.6 Å². The van der Waals surface area contributed by atoms with Crippen LogP contribution in [-0.4, -0.2) is 20.4 Å². The molecule has 1 aliphatic rings. The van der Waals surface area contributed by atoms with Gasteiger partial charge in [0.25, 0.3) is 0 Å². The molecule has 5 heteroatoms. The molecule has 0 unspecified atom stereocenters. The monoisotopic (exact) mass is 459 g/mol. The van der Waals surface area contributed by atoms with Gasteiger partial charge in [-0.2, -0.15) is 0 Å². The fourth-order valence-corrected chi connectivity index (χ4v) is 4.28. The van der Waals surface area contributed by atoms with E-state index in [4.69, 9.17) is 9.47 Å². The summed E-state index contributed by atoms with van der Waals surface area (Å²) in [7, 11) is 0. The molecule has 0 bridgehead atoms. The second-order valence-electron chi connectivity index (χ2n) is 9.60. The zero-order valence-corrected chi connectivity index (χ0v) is 20.7. The van der Waals surface area contributed by atoms with Crippen molar-refractivity contribution in [2.24, 2.45) is 11.8 Å². The highest BCUT2D eigenvalue weighted by molar-refractivity contribution is 5.86. The number of esters is 2. The maximum absolute atomic E-state index is 11.6. The van der Waals surface area contributed by atoms with Crippen LogP contribution in [-0.2, 0) is 38.7 Å². The Morgan fingerprint density at radius 2 is 1.35 bits per heavy atom. The molecule has 0 aromatic heterocycles. The second-order valence-corrected chi connectivity index (χ2v) is 9.60. The quantitative estimate of drug-likeness (QED) is 0.257. The molecule has 2 aromatic carbocycles. The number of hydrogen-bond acceptors (Lipinski definition) is 4. The van der Waals surface area contributed by atoms with Gasteiger partial charge in [-0.3, -0.25) is 4.79 Å². The number of rotatable bonds is 9. The van der Waals surface area contributed by atoms with E-state index in [1.165, 1.54) is 36.8 Å². The number of carbonyl (C=O) groups is 2. The van der Waals surface area contributed by atoms with E-state index in [-0.39, 0.29) is 32.9 Å². The molecule has 0 amide bonds. The predicted molar refractivity (Wildman–Crippen MR) is 136 cm³/mol. The number of benzene rings is 2. The average molecular weight is 459 g/mol. The Balaban J connectivity index is 0.00000408. The SMILES string of the molecule is C=C(C)C(=O)OCc1ccc(CC2CCC(c3ccc(COC(=O)C(C)C)cc3)CC2)cc1.[B]. The molecule has 2 aromatic rings. The molecule has 4 nitrogen and oxygen atoms in total. The third-order valence-electron chi connectivity index (χ3n) is 6.42. The van der Waals surface area contributed by atoms with E-state index >= 15 is 0 Å². The molecule has 1 aliphatic carbocycles. The standard InChI is InChI=1S/C29H36O4.B/c1-20(2)28(30)32-18-24-7-5-22(6-8-24)17-23-9-13-26(14-10-23)27-15-11-25(12-16-27)19-33-29(31)21(3)4;/h5-8,11-12,15-16,21,23,26H,1,9-10,13-14,17-19H2,2-4H3;. The van der Waals surface area contributed by atoms with Gasteiger partial charge in [-0.1, -0.05) is 69.0 Å². The number of hydrogen-bond donors (Lipinski definition) is 0. The Morgan fingerprint density at radius 1 is 0.853 bits per heavy atom. The molecule has 3 rings (SSSR count). The van der Waals surface area contributed by atoms with Crippen LogP contribution in [0.5, 0.6) is 0 Å². The van der Waals surface area contributed by atoms with Crippen molar-refractivity contribution in [2.45, 2.75) is 72.0 Å². The van der Waals surface area contributed by atoms with Crippen LogP contribution in [0.1, 0.15) is 74.6 Å². The lowest BCUT2D eigenvalue weighted by atomic mass is 9.76. The van der Waals surface area contributed by atoms with Crippen molar-refractivity contribution in [2.75, 3.05) is 0 Å². The van der Waals surface area contributed by atoms with Crippen LogP contribution in [0.3, 0.4) is 0 Å². The van der Waals surface area contributed by atoms with E-state index in [1.807, 2.05) is 26.0 Å². The minimum atomic E-state index is -0.347. The van der Waals surface area contributed by atoms with Gasteiger partial charge in [0.1, 0.15) is 13.2 Å². The van der Waals surface area contributed by atoms with Crippen LogP contribution in [0.15, 0.2) is 60.7 Å². The summed E-state index contributed by atoms with van der Waals surface area (Å²) in [6, 6.07) is 17.0. The molecule has 0 saturated heterocycles. The molecule has 0 aliphatic heterocycles. The van der Waals surface area contributed by atoms with Crippen LogP contribution in [0.25, 0.3) is 0 Å². The Morgan fingerprint density at radius 3 is 1.88 bits per heavy atom. The van der Waals surface area contributed by atoms with Gasteiger partial charge in [0.2, 0.25) is 0 Å². The number of ether oxygens (including phenoxy) is 2. The Hall–Kier alpha value is -2.82. The maximum atomic E-state index is 11.6. The fraction of sp³-hybridized carbons (Fsp3) is 0.448. The molecule has 1 fully saturated rings. The normalized spacial score (nSPS) is 17.5.